The first-order chi connectivity index (χ1) is 17.5. The van der Waals surface area contributed by atoms with Crippen LogP contribution in [0.4, 0.5) is 17.1 Å². The van der Waals surface area contributed by atoms with E-state index >= 15 is 0 Å². The predicted octanol–water partition coefficient (Wildman–Crippen LogP) is 5.04. The highest BCUT2D eigenvalue weighted by Crippen LogP contribution is 2.19. The van der Waals surface area contributed by atoms with Gasteiger partial charge in [-0.1, -0.05) is 30.3 Å². The maximum atomic E-state index is 12.3. The number of hydrogen-bond acceptors (Lipinski definition) is 8. The van der Waals surface area contributed by atoms with Crippen molar-refractivity contribution in [3.8, 4) is 0 Å². The molecule has 0 fully saturated rings. The summed E-state index contributed by atoms with van der Waals surface area (Å²) in [5.74, 6) is -0.464. The zero-order chi connectivity index (χ0) is 25.8. The second-order valence-electron chi connectivity index (χ2n) is 7.04. The monoisotopic (exact) mass is 484 g/mol. The van der Waals surface area contributed by atoms with Gasteiger partial charge in [-0.3, -0.25) is 30.4 Å². The molecule has 3 aromatic carbocycles. The van der Waals surface area contributed by atoms with Gasteiger partial charge in [-0.2, -0.15) is 10.2 Å². The molecule has 2 N–H and O–H groups in total. The molecule has 3 rings (SSSR count). The van der Waals surface area contributed by atoms with Crippen LogP contribution >= 0.6 is 0 Å². The number of hydrazone groups is 2. The van der Waals surface area contributed by atoms with Crippen molar-refractivity contribution in [2.45, 2.75) is 0 Å². The lowest BCUT2D eigenvalue weighted by molar-refractivity contribution is -0.385. The quantitative estimate of drug-likeness (QED) is 0.233. The average Bonchev–Trinajstić information content (AvgIpc) is 2.88. The zero-order valence-corrected chi connectivity index (χ0v) is 18.7. The maximum Gasteiger partial charge on any atom is 0.276 e. The van der Waals surface area contributed by atoms with E-state index in [-0.39, 0.29) is 11.4 Å². The van der Waals surface area contributed by atoms with Crippen molar-refractivity contribution in [2.75, 3.05) is 5.43 Å². The minimum Gasteiger partial charge on any atom is -0.279 e. The van der Waals surface area contributed by atoms with E-state index in [0.29, 0.717) is 22.4 Å². The Morgan fingerprint density at radius 2 is 1.31 bits per heavy atom. The molecule has 3 aromatic rings. The number of anilines is 1. The molecule has 0 aromatic heterocycles. The molecular formula is C25H20N6O5. The van der Waals surface area contributed by atoms with E-state index in [4.69, 9.17) is 0 Å². The molecule has 0 atom stereocenters. The molecule has 0 aliphatic carbocycles. The number of nitrogens with one attached hydrogen (secondary N) is 2. The first-order valence-corrected chi connectivity index (χ1v) is 10.5. The van der Waals surface area contributed by atoms with Crippen LogP contribution in [0.25, 0.3) is 12.2 Å². The van der Waals surface area contributed by atoms with Crippen LogP contribution in [0.3, 0.4) is 0 Å². The summed E-state index contributed by atoms with van der Waals surface area (Å²) < 4.78 is 0. The van der Waals surface area contributed by atoms with Gasteiger partial charge in [0.15, 0.2) is 0 Å². The summed E-state index contributed by atoms with van der Waals surface area (Å²) in [7, 11) is 0. The lowest BCUT2D eigenvalue weighted by Crippen LogP contribution is -2.17. The Labute approximate surface area is 205 Å². The topological polar surface area (TPSA) is 152 Å². The molecule has 11 nitrogen and oxygen atoms in total. The van der Waals surface area contributed by atoms with Crippen LogP contribution in [0, 0.1) is 20.2 Å². The van der Waals surface area contributed by atoms with Crippen molar-refractivity contribution in [1.82, 2.24) is 5.43 Å². The SMILES string of the molecule is O=C(N/N=C/C=C/c1ccccc1[N+](=O)[O-])c1cccc(N/N=C/C=C/c2ccccc2[N+](=O)[O-])c1. The Morgan fingerprint density at radius 1 is 0.750 bits per heavy atom. The lowest BCUT2D eigenvalue weighted by atomic mass is 10.1. The number of nitro benzene ring substituents is 2. The standard InChI is InChI=1S/C25H20N6O5/c32-25(29-27-17-7-12-20-9-2-4-15-24(20)31(35)36)21-10-5-13-22(18-21)28-26-16-6-11-19-8-1-3-14-23(19)30(33)34/h1-18,28H,(H,29,32)/b11-6+,12-7+,26-16+,27-17+. The molecule has 0 aliphatic heterocycles. The van der Waals surface area contributed by atoms with Crippen molar-refractivity contribution < 1.29 is 14.6 Å². The normalized spacial score (nSPS) is 11.4. The van der Waals surface area contributed by atoms with Gasteiger partial charge in [0.1, 0.15) is 0 Å². The van der Waals surface area contributed by atoms with Crippen LogP contribution in [0.2, 0.25) is 0 Å². The predicted molar refractivity (Wildman–Crippen MR) is 139 cm³/mol. The minimum atomic E-state index is -0.477. The first kappa shape index (κ1) is 25.2. The van der Waals surface area contributed by atoms with Crippen molar-refractivity contribution in [1.29, 1.82) is 0 Å². The highest BCUT2D eigenvalue weighted by Gasteiger charge is 2.09. The highest BCUT2D eigenvalue weighted by molar-refractivity contribution is 5.95. The summed E-state index contributed by atoms with van der Waals surface area (Å²) in [4.78, 5) is 33.4. The third-order valence-electron chi connectivity index (χ3n) is 4.62. The molecule has 0 unspecified atom stereocenters. The van der Waals surface area contributed by atoms with Gasteiger partial charge >= 0.3 is 0 Å². The average molecular weight is 484 g/mol. The Morgan fingerprint density at radius 3 is 1.89 bits per heavy atom. The molecule has 0 radical (unpaired) electrons. The summed E-state index contributed by atoms with van der Waals surface area (Å²) in [6.07, 6.45) is 8.85. The van der Waals surface area contributed by atoms with Crippen LogP contribution in [-0.2, 0) is 0 Å². The molecule has 0 saturated carbocycles. The number of carbonyl (C=O) groups is 1. The molecule has 0 heterocycles. The Kier molecular flexibility index (Phi) is 8.88. The van der Waals surface area contributed by atoms with Gasteiger partial charge in [-0.25, -0.2) is 5.43 Å². The van der Waals surface area contributed by atoms with Gasteiger partial charge in [-0.15, -0.1) is 0 Å². The molecule has 1 amide bonds. The number of nitro groups is 2. The first-order valence-electron chi connectivity index (χ1n) is 10.5. The van der Waals surface area contributed by atoms with E-state index in [1.807, 2.05) is 0 Å². The summed E-state index contributed by atoms with van der Waals surface area (Å²) >= 11 is 0. The molecule has 0 aliphatic rings. The molecule has 36 heavy (non-hydrogen) atoms. The smallest absolute Gasteiger partial charge is 0.276 e. The number of rotatable bonds is 10. The molecule has 11 heteroatoms. The van der Waals surface area contributed by atoms with Crippen LogP contribution in [0.5, 0.6) is 0 Å². The minimum absolute atomic E-state index is 0.00616. The number of nitrogens with zero attached hydrogens (tertiary/aromatic N) is 4. The number of benzene rings is 3. The van der Waals surface area contributed by atoms with Crippen molar-refractivity contribution in [3.63, 3.8) is 0 Å². The van der Waals surface area contributed by atoms with Crippen LogP contribution < -0.4 is 10.9 Å². The van der Waals surface area contributed by atoms with Gasteiger partial charge in [0.2, 0.25) is 0 Å². The number of allylic oxidation sites excluding steroid dienone is 2. The van der Waals surface area contributed by atoms with Gasteiger partial charge in [-0.05, 0) is 54.6 Å². The Bertz CT molecular complexity index is 1380. The van der Waals surface area contributed by atoms with Crippen LogP contribution in [-0.4, -0.2) is 28.2 Å². The second-order valence-corrected chi connectivity index (χ2v) is 7.04. The van der Waals surface area contributed by atoms with Gasteiger partial charge < -0.3 is 0 Å². The van der Waals surface area contributed by atoms with Gasteiger partial charge in [0.05, 0.1) is 26.7 Å². The third-order valence-corrected chi connectivity index (χ3v) is 4.62. The fraction of sp³-hybridized carbons (Fsp3) is 0. The van der Waals surface area contributed by atoms with Crippen molar-refractivity contribution in [2.24, 2.45) is 10.2 Å². The van der Waals surface area contributed by atoms with Gasteiger partial charge in [0, 0.05) is 30.1 Å². The fourth-order valence-electron chi connectivity index (χ4n) is 2.97. The van der Waals surface area contributed by atoms with Crippen molar-refractivity contribution in [3.05, 3.63) is 122 Å². The largest absolute Gasteiger partial charge is 0.279 e. The number of amides is 1. The molecule has 180 valence electrons. The second kappa shape index (κ2) is 12.7. The lowest BCUT2D eigenvalue weighted by Gasteiger charge is -2.03. The summed E-state index contributed by atoms with van der Waals surface area (Å²) in [5.41, 5.74) is 6.83. The molecular weight excluding hydrogens is 464 g/mol. The Balaban J connectivity index is 1.54. The fourth-order valence-corrected chi connectivity index (χ4v) is 2.97. The summed E-state index contributed by atoms with van der Waals surface area (Å²) in [6.45, 7) is 0. The Hall–Kier alpha value is -5.45. The molecule has 0 spiro atoms. The van der Waals surface area contributed by atoms with E-state index < -0.39 is 15.8 Å². The summed E-state index contributed by atoms with van der Waals surface area (Å²) in [5, 5.41) is 29.9. The van der Waals surface area contributed by atoms with Gasteiger partial charge in [0.25, 0.3) is 17.3 Å². The number of para-hydroxylation sites is 2. The highest BCUT2D eigenvalue weighted by atomic mass is 16.6. The van der Waals surface area contributed by atoms with Crippen molar-refractivity contribution >= 4 is 47.6 Å². The van der Waals surface area contributed by atoms with E-state index in [1.54, 1.807) is 72.8 Å². The third kappa shape index (κ3) is 7.28. The molecule has 0 bridgehead atoms. The zero-order valence-electron chi connectivity index (χ0n) is 18.7. The summed E-state index contributed by atoms with van der Waals surface area (Å²) in [6, 6.07) is 19.1. The van der Waals surface area contributed by atoms with E-state index in [0.717, 1.165) is 0 Å². The van der Waals surface area contributed by atoms with Crippen LogP contribution in [0.15, 0.2) is 95.2 Å². The number of carbonyl (C=O) groups excluding carboxylic acids is 1. The van der Waals surface area contributed by atoms with E-state index in [2.05, 4.69) is 21.1 Å². The van der Waals surface area contributed by atoms with E-state index in [9.17, 15) is 25.0 Å². The maximum absolute atomic E-state index is 12.3. The van der Waals surface area contributed by atoms with E-state index in [1.165, 1.54) is 36.7 Å². The van der Waals surface area contributed by atoms with Crippen LogP contribution in [0.1, 0.15) is 21.5 Å². The molecule has 0 saturated heterocycles. The number of hydrogen-bond donors (Lipinski definition) is 2.